The molecule has 0 fully saturated rings. The van der Waals surface area contributed by atoms with E-state index in [0.717, 1.165) is 47.1 Å². The number of hydrogen-bond acceptors (Lipinski definition) is 6. The number of benzene rings is 1. The summed E-state index contributed by atoms with van der Waals surface area (Å²) in [5.74, 6) is -0.966. The summed E-state index contributed by atoms with van der Waals surface area (Å²) >= 11 is 0. The van der Waals surface area contributed by atoms with Crippen molar-refractivity contribution >= 4 is 33.4 Å². The molecule has 2 bridgehead atoms. The maximum Gasteiger partial charge on any atom is 0.272 e. The Labute approximate surface area is 253 Å². The molecule has 3 amide bonds. The average Bonchev–Trinajstić information content (AvgIpc) is 3.27. The largest absolute Gasteiger partial charge is 0.351 e. The molecule has 43 heavy (non-hydrogen) atoms. The highest BCUT2D eigenvalue weighted by Crippen LogP contribution is 2.28. The Hall–Kier alpha value is -3.48. The molecule has 1 aliphatic heterocycles. The van der Waals surface area contributed by atoms with Crippen molar-refractivity contribution in [2.45, 2.75) is 64.8 Å². The van der Waals surface area contributed by atoms with Gasteiger partial charge in [0.2, 0.25) is 21.8 Å². The third kappa shape index (κ3) is 8.12. The Morgan fingerprint density at radius 2 is 1.93 bits per heavy atom. The summed E-state index contributed by atoms with van der Waals surface area (Å²) in [5, 5.41) is 7.44. The molecule has 4 rings (SSSR count). The topological polar surface area (TPSA) is 125 Å². The van der Waals surface area contributed by atoms with E-state index in [0.29, 0.717) is 37.4 Å². The molecule has 11 nitrogen and oxygen atoms in total. The van der Waals surface area contributed by atoms with Gasteiger partial charge in [0.05, 0.1) is 11.9 Å². The summed E-state index contributed by atoms with van der Waals surface area (Å²) in [6.45, 7) is 5.12. The van der Waals surface area contributed by atoms with Crippen LogP contribution < -0.4 is 9.62 Å². The van der Waals surface area contributed by atoms with E-state index < -0.39 is 28.3 Å². The Bertz CT molecular complexity index is 1440. The van der Waals surface area contributed by atoms with Crippen LogP contribution in [-0.2, 0) is 39.5 Å². The standard InChI is InChI=1S/C30H43FN6O5S/c1-21(2)13-17-36-23-11-12-26-25(19-23)29(33-34(26)3)30(40)32-14-7-16-35(15-6-10-27(36)38)28(39)20-37(43(4,41)42)24-9-5-8-22(31)18-24/h5,8-9,18,21,23H,6-7,10-17,19-20H2,1-4H3,(H,32,40). The average molecular weight is 619 g/mol. The molecule has 13 heteroatoms. The lowest BCUT2D eigenvalue weighted by Crippen LogP contribution is -2.45. The van der Waals surface area contributed by atoms with Gasteiger partial charge in [-0.3, -0.25) is 23.4 Å². The van der Waals surface area contributed by atoms with E-state index in [1.165, 1.54) is 23.1 Å². The SMILES string of the molecule is CC(C)CCN1C(=O)CCCN(C(=O)CN(c2cccc(F)c2)S(C)(=O)=O)CCCNC(=O)c2nn(C)c3c2CC1CC3. The van der Waals surface area contributed by atoms with E-state index in [1.807, 2.05) is 11.9 Å². The lowest BCUT2D eigenvalue weighted by molar-refractivity contribution is -0.135. The summed E-state index contributed by atoms with van der Waals surface area (Å²) in [7, 11) is -2.06. The molecule has 236 valence electrons. The molecule has 2 aliphatic rings. The van der Waals surface area contributed by atoms with E-state index in [-0.39, 0.29) is 49.6 Å². The Balaban J connectivity index is 1.57. The van der Waals surface area contributed by atoms with Gasteiger partial charge in [-0.15, -0.1) is 0 Å². The number of nitrogens with one attached hydrogen (secondary N) is 1. The molecule has 1 atom stereocenters. The number of aromatic nitrogens is 2. The number of nitrogens with zero attached hydrogens (tertiary/aromatic N) is 5. The van der Waals surface area contributed by atoms with Crippen molar-refractivity contribution in [2.24, 2.45) is 13.0 Å². The van der Waals surface area contributed by atoms with Crippen molar-refractivity contribution in [2.75, 3.05) is 43.3 Å². The number of rotatable bonds is 7. The molecule has 1 N–H and O–H groups in total. The van der Waals surface area contributed by atoms with Crippen molar-refractivity contribution in [3.63, 3.8) is 0 Å². The van der Waals surface area contributed by atoms with Gasteiger partial charge in [0.1, 0.15) is 12.4 Å². The molecule has 0 spiro atoms. The summed E-state index contributed by atoms with van der Waals surface area (Å²) < 4.78 is 41.7. The van der Waals surface area contributed by atoms with Gasteiger partial charge in [-0.25, -0.2) is 12.8 Å². The van der Waals surface area contributed by atoms with E-state index in [4.69, 9.17) is 0 Å². The smallest absolute Gasteiger partial charge is 0.272 e. The minimum atomic E-state index is -3.90. The van der Waals surface area contributed by atoms with Crippen LogP contribution >= 0.6 is 0 Å². The van der Waals surface area contributed by atoms with Crippen LogP contribution in [0.3, 0.4) is 0 Å². The predicted octanol–water partition coefficient (Wildman–Crippen LogP) is 2.50. The second-order valence-electron chi connectivity index (χ2n) is 11.9. The number of carbonyl (C=O) groups is 3. The Morgan fingerprint density at radius 1 is 1.19 bits per heavy atom. The number of amides is 3. The van der Waals surface area contributed by atoms with Crippen molar-refractivity contribution in [3.8, 4) is 0 Å². The highest BCUT2D eigenvalue weighted by Gasteiger charge is 2.33. The summed E-state index contributed by atoms with van der Waals surface area (Å²) in [6, 6.07) is 5.04. The van der Waals surface area contributed by atoms with Crippen LogP contribution in [0.4, 0.5) is 10.1 Å². The number of aryl methyl sites for hydroxylation is 1. The van der Waals surface area contributed by atoms with Gasteiger partial charge in [-0.05, 0) is 62.6 Å². The molecule has 0 saturated heterocycles. The first-order valence-electron chi connectivity index (χ1n) is 15.0. The highest BCUT2D eigenvalue weighted by atomic mass is 32.2. The first kappa shape index (κ1) is 32.4. The normalized spacial score (nSPS) is 18.7. The maximum atomic E-state index is 13.9. The van der Waals surface area contributed by atoms with E-state index in [2.05, 4.69) is 24.3 Å². The molecule has 1 aromatic heterocycles. The van der Waals surface area contributed by atoms with Gasteiger partial charge in [0.25, 0.3) is 5.91 Å². The first-order chi connectivity index (χ1) is 20.3. The molecule has 1 aromatic carbocycles. The predicted molar refractivity (Wildman–Crippen MR) is 162 cm³/mol. The third-order valence-electron chi connectivity index (χ3n) is 8.19. The molecule has 2 aromatic rings. The quantitative estimate of drug-likeness (QED) is 0.509. The zero-order valence-corrected chi connectivity index (χ0v) is 26.3. The monoisotopic (exact) mass is 618 g/mol. The van der Waals surface area contributed by atoms with Gasteiger partial charge in [0, 0.05) is 56.9 Å². The van der Waals surface area contributed by atoms with Crippen LogP contribution in [0.1, 0.15) is 67.7 Å². The van der Waals surface area contributed by atoms with Crippen LogP contribution in [0.2, 0.25) is 0 Å². The summed E-state index contributed by atoms with van der Waals surface area (Å²) in [6.07, 6.45) is 4.96. The zero-order chi connectivity index (χ0) is 31.3. The van der Waals surface area contributed by atoms with Crippen molar-refractivity contribution in [1.29, 1.82) is 0 Å². The molecular formula is C30H43FN6O5S. The lowest BCUT2D eigenvalue weighted by Gasteiger charge is -2.35. The number of anilines is 1. The third-order valence-corrected chi connectivity index (χ3v) is 9.33. The second kappa shape index (κ2) is 13.9. The van der Waals surface area contributed by atoms with Crippen LogP contribution in [0.25, 0.3) is 0 Å². The van der Waals surface area contributed by atoms with Crippen LogP contribution in [0.15, 0.2) is 24.3 Å². The minimum absolute atomic E-state index is 0.00351. The fourth-order valence-electron chi connectivity index (χ4n) is 5.86. The number of fused-ring (bicyclic) bond motifs is 1. The van der Waals surface area contributed by atoms with Crippen molar-refractivity contribution in [1.82, 2.24) is 24.9 Å². The van der Waals surface area contributed by atoms with Crippen LogP contribution in [-0.4, -0.2) is 90.7 Å². The van der Waals surface area contributed by atoms with Gasteiger partial charge in [0.15, 0.2) is 5.69 Å². The molecule has 0 radical (unpaired) electrons. The number of carbonyl (C=O) groups excluding carboxylic acids is 3. The second-order valence-corrected chi connectivity index (χ2v) is 13.8. The number of sulfonamides is 1. The van der Waals surface area contributed by atoms with Crippen LogP contribution in [0, 0.1) is 11.7 Å². The lowest BCUT2D eigenvalue weighted by atomic mass is 9.89. The van der Waals surface area contributed by atoms with Crippen molar-refractivity contribution in [3.05, 3.63) is 47.0 Å². The molecule has 0 saturated carbocycles. The summed E-state index contributed by atoms with van der Waals surface area (Å²) in [5.41, 5.74) is 2.34. The van der Waals surface area contributed by atoms with Gasteiger partial charge < -0.3 is 15.1 Å². The van der Waals surface area contributed by atoms with E-state index >= 15 is 0 Å². The number of halogens is 1. The molecule has 1 aliphatic carbocycles. The van der Waals surface area contributed by atoms with Crippen LogP contribution in [0.5, 0.6) is 0 Å². The van der Waals surface area contributed by atoms with Gasteiger partial charge in [-0.2, -0.15) is 5.10 Å². The Morgan fingerprint density at radius 3 is 2.63 bits per heavy atom. The molecular weight excluding hydrogens is 575 g/mol. The van der Waals surface area contributed by atoms with Crippen molar-refractivity contribution < 1.29 is 27.2 Å². The van der Waals surface area contributed by atoms with Gasteiger partial charge >= 0.3 is 0 Å². The first-order valence-corrected chi connectivity index (χ1v) is 16.8. The number of hydrogen-bond donors (Lipinski definition) is 1. The zero-order valence-electron chi connectivity index (χ0n) is 25.5. The van der Waals surface area contributed by atoms with E-state index in [1.54, 1.807) is 4.68 Å². The summed E-state index contributed by atoms with van der Waals surface area (Å²) in [4.78, 5) is 43.8. The van der Waals surface area contributed by atoms with E-state index in [9.17, 15) is 27.2 Å². The minimum Gasteiger partial charge on any atom is -0.351 e. The molecule has 1 unspecified atom stereocenters. The Kier molecular flexibility index (Phi) is 10.5. The van der Waals surface area contributed by atoms with Gasteiger partial charge in [-0.1, -0.05) is 19.9 Å². The highest BCUT2D eigenvalue weighted by molar-refractivity contribution is 7.92. The maximum absolute atomic E-state index is 13.9. The fourth-order valence-corrected chi connectivity index (χ4v) is 6.70. The fraction of sp³-hybridized carbons (Fsp3) is 0.600. The molecule has 2 heterocycles.